The third-order valence-corrected chi connectivity index (χ3v) is 7.07. The van der Waals surface area contributed by atoms with Gasteiger partial charge in [0.15, 0.2) is 5.17 Å². The molecular weight excluding hydrogens is 486 g/mol. The molecule has 5 rings (SSSR count). The number of carbonyl (C=O) groups is 1. The largest absolute Gasteiger partial charge is 0.277 e. The first-order valence-corrected chi connectivity index (χ1v) is 13.4. The van der Waals surface area contributed by atoms with E-state index in [0.29, 0.717) is 16.7 Å². The van der Waals surface area contributed by atoms with Gasteiger partial charge in [0, 0.05) is 13.1 Å². The molecular formula is C33H29N3OS. The number of thioether (sulfide) groups is 1. The van der Waals surface area contributed by atoms with Crippen LogP contribution in [-0.2, 0) is 17.9 Å². The van der Waals surface area contributed by atoms with E-state index in [4.69, 9.17) is 4.99 Å². The Bertz CT molecular complexity index is 1380. The zero-order valence-corrected chi connectivity index (χ0v) is 21.9. The van der Waals surface area contributed by atoms with Crippen molar-refractivity contribution < 1.29 is 4.79 Å². The summed E-state index contributed by atoms with van der Waals surface area (Å²) >= 11 is 1.42. The molecule has 1 aliphatic rings. The van der Waals surface area contributed by atoms with Gasteiger partial charge in [-0.1, -0.05) is 121 Å². The molecule has 5 heteroatoms. The van der Waals surface area contributed by atoms with Crippen LogP contribution in [0.4, 0.5) is 5.69 Å². The quantitative estimate of drug-likeness (QED) is 0.217. The molecule has 0 atom stereocenters. The Hall–Kier alpha value is -4.19. The first-order chi connectivity index (χ1) is 18.7. The zero-order chi connectivity index (χ0) is 26.0. The fourth-order valence-corrected chi connectivity index (χ4v) is 5.14. The number of carbonyl (C=O) groups excluding carboxylic acids is 1. The van der Waals surface area contributed by atoms with Gasteiger partial charge in [-0.15, -0.1) is 0 Å². The van der Waals surface area contributed by atoms with Crippen molar-refractivity contribution in [1.82, 2.24) is 9.80 Å². The van der Waals surface area contributed by atoms with Gasteiger partial charge in [0.25, 0.3) is 5.91 Å². The SMILES string of the molecule is O=C1/C(=C\C=C\c2ccccc2)SC(=Nc2ccccc2)N1CN(Cc1ccccc1)Cc1ccccc1. The van der Waals surface area contributed by atoms with Crippen LogP contribution in [0.25, 0.3) is 6.08 Å². The lowest BCUT2D eigenvalue weighted by atomic mass is 10.2. The van der Waals surface area contributed by atoms with Crippen molar-refractivity contribution in [2.45, 2.75) is 13.1 Å². The first kappa shape index (κ1) is 25.5. The van der Waals surface area contributed by atoms with E-state index in [9.17, 15) is 4.79 Å². The number of allylic oxidation sites excluding steroid dienone is 2. The van der Waals surface area contributed by atoms with Gasteiger partial charge in [0.2, 0.25) is 0 Å². The normalized spacial score (nSPS) is 15.8. The Labute approximate surface area is 228 Å². The second-order valence-electron chi connectivity index (χ2n) is 8.97. The molecule has 1 aliphatic heterocycles. The Morgan fingerprint density at radius 2 is 1.24 bits per heavy atom. The van der Waals surface area contributed by atoms with Gasteiger partial charge in [-0.2, -0.15) is 0 Å². The molecule has 0 aromatic heterocycles. The summed E-state index contributed by atoms with van der Waals surface area (Å²) in [6.07, 6.45) is 5.83. The molecule has 0 spiro atoms. The standard InChI is InChI=1S/C33H29N3OS/c37-32-31(23-13-20-27-14-5-1-6-15-27)38-33(34-30-21-11-4-12-22-30)36(32)26-35(24-28-16-7-2-8-17-28)25-29-18-9-3-10-19-29/h1-23H,24-26H2/b20-13+,31-23+,34-33?. The third-order valence-electron chi connectivity index (χ3n) is 6.04. The molecule has 1 fully saturated rings. The van der Waals surface area contributed by atoms with Crippen LogP contribution >= 0.6 is 11.8 Å². The lowest BCUT2D eigenvalue weighted by Crippen LogP contribution is -2.40. The molecule has 38 heavy (non-hydrogen) atoms. The molecule has 188 valence electrons. The van der Waals surface area contributed by atoms with Crippen LogP contribution in [0, 0.1) is 0 Å². The monoisotopic (exact) mass is 515 g/mol. The fraction of sp³-hybridized carbons (Fsp3) is 0.0909. The molecule has 1 heterocycles. The maximum Gasteiger partial charge on any atom is 0.267 e. The number of nitrogens with zero attached hydrogens (tertiary/aromatic N) is 3. The molecule has 1 saturated heterocycles. The molecule has 1 amide bonds. The van der Waals surface area contributed by atoms with Gasteiger partial charge in [0.1, 0.15) is 0 Å². The number of amides is 1. The van der Waals surface area contributed by atoms with Crippen LogP contribution in [0.2, 0.25) is 0 Å². The Kier molecular flexibility index (Phi) is 8.62. The topological polar surface area (TPSA) is 35.9 Å². The number of para-hydroxylation sites is 1. The second-order valence-corrected chi connectivity index (χ2v) is 9.97. The minimum absolute atomic E-state index is 0.0338. The van der Waals surface area contributed by atoms with Gasteiger partial charge < -0.3 is 0 Å². The van der Waals surface area contributed by atoms with Crippen LogP contribution in [-0.4, -0.2) is 27.5 Å². The highest BCUT2D eigenvalue weighted by molar-refractivity contribution is 8.18. The van der Waals surface area contributed by atoms with Crippen molar-refractivity contribution in [3.8, 4) is 0 Å². The third kappa shape index (κ3) is 6.97. The fourth-order valence-electron chi connectivity index (χ4n) is 4.19. The van der Waals surface area contributed by atoms with E-state index in [-0.39, 0.29) is 5.91 Å². The van der Waals surface area contributed by atoms with Crippen LogP contribution in [0.3, 0.4) is 0 Å². The maximum absolute atomic E-state index is 13.7. The van der Waals surface area contributed by atoms with Crippen LogP contribution in [0.1, 0.15) is 16.7 Å². The number of aliphatic imine (C=N–C) groups is 1. The molecule has 0 aliphatic carbocycles. The molecule has 4 aromatic carbocycles. The highest BCUT2D eigenvalue weighted by Crippen LogP contribution is 2.33. The number of amidine groups is 1. The molecule has 4 nitrogen and oxygen atoms in total. The predicted molar refractivity (Wildman–Crippen MR) is 159 cm³/mol. The molecule has 0 radical (unpaired) electrons. The molecule has 0 N–H and O–H groups in total. The lowest BCUT2D eigenvalue weighted by Gasteiger charge is -2.27. The summed E-state index contributed by atoms with van der Waals surface area (Å²) in [5.74, 6) is -0.0338. The van der Waals surface area contributed by atoms with E-state index in [0.717, 1.165) is 24.3 Å². The number of benzene rings is 4. The van der Waals surface area contributed by atoms with Crippen molar-refractivity contribution in [3.05, 3.63) is 155 Å². The first-order valence-electron chi connectivity index (χ1n) is 12.6. The summed E-state index contributed by atoms with van der Waals surface area (Å²) in [7, 11) is 0. The van der Waals surface area contributed by atoms with E-state index >= 15 is 0 Å². The average Bonchev–Trinajstić information content (AvgIpc) is 3.24. The van der Waals surface area contributed by atoms with Gasteiger partial charge >= 0.3 is 0 Å². The molecule has 0 unspecified atom stereocenters. The average molecular weight is 516 g/mol. The Morgan fingerprint density at radius 1 is 0.711 bits per heavy atom. The summed E-state index contributed by atoms with van der Waals surface area (Å²) in [5, 5.41) is 0.687. The van der Waals surface area contributed by atoms with Gasteiger partial charge in [-0.25, -0.2) is 4.99 Å². The van der Waals surface area contributed by atoms with Gasteiger partial charge in [-0.3, -0.25) is 14.6 Å². The van der Waals surface area contributed by atoms with E-state index in [1.54, 1.807) is 4.90 Å². The Balaban J connectivity index is 1.43. The number of hydrogen-bond donors (Lipinski definition) is 0. The van der Waals surface area contributed by atoms with Crippen molar-refractivity contribution >= 4 is 34.6 Å². The highest BCUT2D eigenvalue weighted by atomic mass is 32.2. The van der Waals surface area contributed by atoms with Crippen molar-refractivity contribution in [3.63, 3.8) is 0 Å². The zero-order valence-electron chi connectivity index (χ0n) is 21.1. The van der Waals surface area contributed by atoms with Gasteiger partial charge in [0.05, 0.1) is 17.3 Å². The van der Waals surface area contributed by atoms with Crippen molar-refractivity contribution in [2.75, 3.05) is 6.67 Å². The maximum atomic E-state index is 13.7. The second kappa shape index (κ2) is 12.9. The number of hydrogen-bond acceptors (Lipinski definition) is 4. The summed E-state index contributed by atoms with van der Waals surface area (Å²) in [5.41, 5.74) is 4.31. The van der Waals surface area contributed by atoms with E-state index in [1.165, 1.54) is 22.9 Å². The van der Waals surface area contributed by atoms with Crippen molar-refractivity contribution in [1.29, 1.82) is 0 Å². The van der Waals surface area contributed by atoms with Gasteiger partial charge in [-0.05, 0) is 46.7 Å². The summed E-state index contributed by atoms with van der Waals surface area (Å²) in [4.78, 5) is 23.3. The Morgan fingerprint density at radius 3 is 1.82 bits per heavy atom. The number of rotatable bonds is 9. The highest BCUT2D eigenvalue weighted by Gasteiger charge is 2.34. The minimum Gasteiger partial charge on any atom is -0.277 e. The smallest absolute Gasteiger partial charge is 0.267 e. The van der Waals surface area contributed by atoms with Crippen LogP contribution in [0.5, 0.6) is 0 Å². The van der Waals surface area contributed by atoms with E-state index in [1.807, 2.05) is 91.0 Å². The van der Waals surface area contributed by atoms with E-state index < -0.39 is 0 Å². The van der Waals surface area contributed by atoms with E-state index in [2.05, 4.69) is 53.4 Å². The lowest BCUT2D eigenvalue weighted by molar-refractivity contribution is -0.123. The summed E-state index contributed by atoms with van der Waals surface area (Å²) in [6.45, 7) is 1.87. The molecule has 0 saturated carbocycles. The van der Waals surface area contributed by atoms with Crippen LogP contribution in [0.15, 0.2) is 143 Å². The molecule has 4 aromatic rings. The van der Waals surface area contributed by atoms with Crippen LogP contribution < -0.4 is 0 Å². The minimum atomic E-state index is -0.0338. The molecule has 0 bridgehead atoms. The summed E-state index contributed by atoms with van der Waals surface area (Å²) in [6, 6.07) is 40.6. The summed E-state index contributed by atoms with van der Waals surface area (Å²) < 4.78 is 0. The van der Waals surface area contributed by atoms with Crippen molar-refractivity contribution in [2.24, 2.45) is 4.99 Å². The predicted octanol–water partition coefficient (Wildman–Crippen LogP) is 7.51.